The molecule has 82 valence electrons. The zero-order valence-corrected chi connectivity index (χ0v) is 9.88. The minimum absolute atomic E-state index is 0.0481. The Morgan fingerprint density at radius 2 is 2.38 bits per heavy atom. The van der Waals surface area contributed by atoms with Crippen LogP contribution in [0.25, 0.3) is 0 Å². The average Bonchev–Trinajstić information content (AvgIpc) is 2.89. The van der Waals surface area contributed by atoms with Crippen molar-refractivity contribution in [3.05, 3.63) is 39.6 Å². The van der Waals surface area contributed by atoms with Crippen LogP contribution < -0.4 is 0 Å². The van der Waals surface area contributed by atoms with Crippen molar-refractivity contribution in [3.63, 3.8) is 0 Å². The van der Waals surface area contributed by atoms with Crippen LogP contribution >= 0.6 is 11.3 Å². The molecule has 0 atom stereocenters. The third-order valence-corrected chi connectivity index (χ3v) is 4.23. The van der Waals surface area contributed by atoms with Crippen molar-refractivity contribution < 1.29 is 4.79 Å². The Bertz CT molecular complexity index is 532. The van der Waals surface area contributed by atoms with Gasteiger partial charge in [-0.15, -0.1) is 11.3 Å². The fourth-order valence-electron chi connectivity index (χ4n) is 2.14. The normalized spacial score (nSPS) is 14.1. The lowest BCUT2D eigenvalue weighted by atomic mass is 10.2. The number of nitrogens with zero attached hydrogens (tertiary/aromatic N) is 2. The van der Waals surface area contributed by atoms with Gasteiger partial charge < -0.3 is 4.57 Å². The number of aryl methyl sites for hydroxylation is 3. The van der Waals surface area contributed by atoms with Gasteiger partial charge in [-0.05, 0) is 30.9 Å². The van der Waals surface area contributed by atoms with Gasteiger partial charge in [0.2, 0.25) is 5.78 Å². The van der Waals surface area contributed by atoms with Gasteiger partial charge in [0.15, 0.2) is 5.82 Å². The zero-order valence-electron chi connectivity index (χ0n) is 9.06. The Balaban J connectivity index is 1.98. The van der Waals surface area contributed by atoms with E-state index < -0.39 is 0 Å². The van der Waals surface area contributed by atoms with Crippen LogP contribution in [0.15, 0.2) is 18.5 Å². The second kappa shape index (κ2) is 3.56. The van der Waals surface area contributed by atoms with Crippen molar-refractivity contribution in [3.8, 4) is 0 Å². The van der Waals surface area contributed by atoms with E-state index in [1.807, 2.05) is 13.1 Å². The summed E-state index contributed by atoms with van der Waals surface area (Å²) in [5.41, 5.74) is 1.36. The number of fused-ring (bicyclic) bond motifs is 1. The highest BCUT2D eigenvalue weighted by Gasteiger charge is 2.21. The number of carbonyl (C=O) groups excluding carboxylic acids is 1. The van der Waals surface area contributed by atoms with Gasteiger partial charge in [0, 0.05) is 24.3 Å². The van der Waals surface area contributed by atoms with Crippen molar-refractivity contribution in [1.82, 2.24) is 9.55 Å². The minimum atomic E-state index is 0.0481. The lowest BCUT2D eigenvalue weighted by Gasteiger charge is -1.97. The molecule has 0 radical (unpaired) electrons. The first kappa shape index (κ1) is 9.78. The van der Waals surface area contributed by atoms with Crippen molar-refractivity contribution in [1.29, 1.82) is 0 Å². The quantitative estimate of drug-likeness (QED) is 0.744. The lowest BCUT2D eigenvalue weighted by molar-refractivity contribution is 0.103. The van der Waals surface area contributed by atoms with Gasteiger partial charge in [0.05, 0.1) is 4.88 Å². The summed E-state index contributed by atoms with van der Waals surface area (Å²) >= 11 is 1.63. The van der Waals surface area contributed by atoms with Crippen molar-refractivity contribution >= 4 is 17.1 Å². The SMILES string of the molecule is Cn1ccnc1C(=O)c1cc2c(s1)CCC2. The predicted molar refractivity (Wildman–Crippen MR) is 63.0 cm³/mol. The molecule has 0 fully saturated rings. The lowest BCUT2D eigenvalue weighted by Crippen LogP contribution is -2.06. The number of imidazole rings is 1. The van der Waals surface area contributed by atoms with E-state index in [1.165, 1.54) is 16.9 Å². The van der Waals surface area contributed by atoms with Crippen LogP contribution in [0.3, 0.4) is 0 Å². The van der Waals surface area contributed by atoms with Crippen LogP contribution in [-0.4, -0.2) is 15.3 Å². The molecule has 2 heterocycles. The first-order valence-corrected chi connectivity index (χ1v) is 6.21. The van der Waals surface area contributed by atoms with E-state index in [0.29, 0.717) is 5.82 Å². The van der Waals surface area contributed by atoms with Crippen LogP contribution in [-0.2, 0) is 19.9 Å². The number of hydrogen-bond donors (Lipinski definition) is 0. The van der Waals surface area contributed by atoms with Gasteiger partial charge in [-0.25, -0.2) is 4.98 Å². The summed E-state index contributed by atoms with van der Waals surface area (Å²) in [6, 6.07) is 2.05. The fraction of sp³-hybridized carbons (Fsp3) is 0.333. The third-order valence-electron chi connectivity index (χ3n) is 2.99. The van der Waals surface area contributed by atoms with Gasteiger partial charge in [-0.1, -0.05) is 0 Å². The van der Waals surface area contributed by atoms with Crippen LogP contribution in [0.1, 0.15) is 32.4 Å². The second-order valence-corrected chi connectivity index (χ2v) is 5.24. The fourth-order valence-corrected chi connectivity index (χ4v) is 3.32. The Morgan fingerprint density at radius 1 is 1.50 bits per heavy atom. The van der Waals surface area contributed by atoms with E-state index in [1.54, 1.807) is 28.3 Å². The summed E-state index contributed by atoms with van der Waals surface area (Å²) in [5.74, 6) is 0.576. The molecule has 0 aromatic carbocycles. The van der Waals surface area contributed by atoms with Crippen LogP contribution in [0, 0.1) is 0 Å². The molecule has 1 aliphatic carbocycles. The van der Waals surface area contributed by atoms with Crippen LogP contribution in [0.5, 0.6) is 0 Å². The number of thiophene rings is 1. The molecule has 3 rings (SSSR count). The maximum atomic E-state index is 12.2. The zero-order chi connectivity index (χ0) is 11.1. The molecule has 0 N–H and O–H groups in total. The minimum Gasteiger partial charge on any atom is -0.331 e. The summed E-state index contributed by atoms with van der Waals surface area (Å²) in [4.78, 5) is 18.5. The molecule has 2 aromatic rings. The molecule has 0 amide bonds. The summed E-state index contributed by atoms with van der Waals surface area (Å²) in [5, 5.41) is 0. The molecule has 0 saturated heterocycles. The Hall–Kier alpha value is -1.42. The van der Waals surface area contributed by atoms with Gasteiger partial charge >= 0.3 is 0 Å². The number of ketones is 1. The highest BCUT2D eigenvalue weighted by molar-refractivity contribution is 7.14. The summed E-state index contributed by atoms with van der Waals surface area (Å²) in [7, 11) is 1.85. The Morgan fingerprint density at radius 3 is 3.06 bits per heavy atom. The third kappa shape index (κ3) is 1.41. The predicted octanol–water partition coefficient (Wildman–Crippen LogP) is 2.20. The van der Waals surface area contributed by atoms with Gasteiger partial charge in [-0.2, -0.15) is 0 Å². The van der Waals surface area contributed by atoms with E-state index in [4.69, 9.17) is 0 Å². The molecular formula is C12H12N2OS. The van der Waals surface area contributed by atoms with Gasteiger partial charge in [0.25, 0.3) is 0 Å². The maximum absolute atomic E-state index is 12.2. The number of aromatic nitrogens is 2. The molecule has 16 heavy (non-hydrogen) atoms. The van der Waals surface area contributed by atoms with Crippen LogP contribution in [0.4, 0.5) is 0 Å². The van der Waals surface area contributed by atoms with E-state index in [0.717, 1.165) is 17.7 Å². The standard InChI is InChI=1S/C12H12N2OS/c1-14-6-5-13-12(14)11(15)10-7-8-3-2-4-9(8)16-10/h5-7H,2-4H2,1H3. The van der Waals surface area contributed by atoms with E-state index >= 15 is 0 Å². The van der Waals surface area contributed by atoms with Gasteiger partial charge in [0.1, 0.15) is 0 Å². The molecule has 3 nitrogen and oxygen atoms in total. The van der Waals surface area contributed by atoms with E-state index in [2.05, 4.69) is 4.98 Å². The monoisotopic (exact) mass is 232 g/mol. The van der Waals surface area contributed by atoms with E-state index in [-0.39, 0.29) is 5.78 Å². The average molecular weight is 232 g/mol. The first-order chi connectivity index (χ1) is 7.75. The molecule has 0 aliphatic heterocycles. The highest BCUT2D eigenvalue weighted by atomic mass is 32.1. The van der Waals surface area contributed by atoms with E-state index in [9.17, 15) is 4.79 Å². The molecular weight excluding hydrogens is 220 g/mol. The number of hydrogen-bond acceptors (Lipinski definition) is 3. The largest absolute Gasteiger partial charge is 0.331 e. The first-order valence-electron chi connectivity index (χ1n) is 5.39. The second-order valence-electron chi connectivity index (χ2n) is 4.10. The summed E-state index contributed by atoms with van der Waals surface area (Å²) in [6.07, 6.45) is 6.95. The molecule has 0 unspecified atom stereocenters. The molecule has 4 heteroatoms. The number of carbonyl (C=O) groups is 1. The smallest absolute Gasteiger partial charge is 0.238 e. The van der Waals surface area contributed by atoms with Crippen LogP contribution in [0.2, 0.25) is 0 Å². The molecule has 1 aliphatic rings. The molecule has 2 aromatic heterocycles. The van der Waals surface area contributed by atoms with Gasteiger partial charge in [-0.3, -0.25) is 4.79 Å². The molecule has 0 saturated carbocycles. The Kier molecular flexibility index (Phi) is 2.17. The summed E-state index contributed by atoms with van der Waals surface area (Å²) in [6.45, 7) is 0. The summed E-state index contributed by atoms with van der Waals surface area (Å²) < 4.78 is 1.77. The number of rotatable bonds is 2. The highest BCUT2D eigenvalue weighted by Crippen LogP contribution is 2.31. The van der Waals surface area contributed by atoms with Crippen molar-refractivity contribution in [2.45, 2.75) is 19.3 Å². The van der Waals surface area contributed by atoms with Crippen molar-refractivity contribution in [2.75, 3.05) is 0 Å². The molecule has 0 spiro atoms. The topological polar surface area (TPSA) is 34.9 Å². The maximum Gasteiger partial charge on any atom is 0.238 e. The Labute approximate surface area is 97.7 Å². The van der Waals surface area contributed by atoms with Crippen molar-refractivity contribution in [2.24, 2.45) is 7.05 Å². The molecule has 0 bridgehead atoms.